The molecule has 1 aliphatic carbocycles. The van der Waals surface area contributed by atoms with Gasteiger partial charge in [0.15, 0.2) is 0 Å². The Hall–Kier alpha value is -0.0800. The van der Waals surface area contributed by atoms with Crippen LogP contribution in [0.1, 0.15) is 26.7 Å². The molecule has 3 atom stereocenters. The Morgan fingerprint density at radius 1 is 1.44 bits per heavy atom. The van der Waals surface area contributed by atoms with Gasteiger partial charge in [-0.1, -0.05) is 6.92 Å². The van der Waals surface area contributed by atoms with Gasteiger partial charge in [-0.2, -0.15) is 0 Å². The summed E-state index contributed by atoms with van der Waals surface area (Å²) in [6.45, 7) is 3.67. The van der Waals surface area contributed by atoms with Gasteiger partial charge in [-0.3, -0.25) is 0 Å². The smallest absolute Gasteiger partial charge is 0.0902 e. The van der Waals surface area contributed by atoms with Gasteiger partial charge in [0.2, 0.25) is 0 Å². The zero-order valence-corrected chi connectivity index (χ0v) is 5.96. The van der Waals surface area contributed by atoms with E-state index in [1.807, 2.05) is 6.92 Å². The number of rotatable bonds is 0. The first-order valence-corrected chi connectivity index (χ1v) is 3.45. The molecule has 2 N–H and O–H groups in total. The fourth-order valence-electron chi connectivity index (χ4n) is 1.32. The van der Waals surface area contributed by atoms with Gasteiger partial charge in [0.25, 0.3) is 0 Å². The summed E-state index contributed by atoms with van der Waals surface area (Å²) in [4.78, 5) is 0. The summed E-state index contributed by atoms with van der Waals surface area (Å²) in [6, 6.07) is 0. The summed E-state index contributed by atoms with van der Waals surface area (Å²) in [7, 11) is 0. The van der Waals surface area contributed by atoms with Crippen LogP contribution in [0.2, 0.25) is 0 Å². The molecule has 0 spiro atoms. The Balaban J connectivity index is 2.66. The van der Waals surface area contributed by atoms with Gasteiger partial charge in [0.1, 0.15) is 0 Å². The van der Waals surface area contributed by atoms with E-state index in [9.17, 15) is 10.2 Å². The molecule has 3 unspecified atom stereocenters. The molecule has 0 aliphatic heterocycles. The second kappa shape index (κ2) is 1.96. The van der Waals surface area contributed by atoms with E-state index in [0.717, 1.165) is 12.8 Å². The zero-order chi connectivity index (χ0) is 7.07. The molecule has 0 saturated heterocycles. The highest BCUT2D eigenvalue weighted by atomic mass is 16.3. The fraction of sp³-hybridized carbons (Fsp3) is 1.00. The normalized spacial score (nSPS) is 52.0. The molecule has 1 fully saturated rings. The highest BCUT2D eigenvalue weighted by molar-refractivity contribution is 4.93. The van der Waals surface area contributed by atoms with Crippen LogP contribution in [-0.2, 0) is 0 Å². The lowest BCUT2D eigenvalue weighted by molar-refractivity contribution is -0.0620. The molecule has 0 amide bonds. The van der Waals surface area contributed by atoms with Crippen LogP contribution in [0.5, 0.6) is 0 Å². The van der Waals surface area contributed by atoms with E-state index in [1.54, 1.807) is 6.92 Å². The Morgan fingerprint density at radius 3 is 2.11 bits per heavy atom. The number of aliphatic hydroxyl groups is 2. The molecule has 9 heavy (non-hydrogen) atoms. The van der Waals surface area contributed by atoms with E-state index in [1.165, 1.54) is 0 Å². The van der Waals surface area contributed by atoms with Gasteiger partial charge >= 0.3 is 0 Å². The van der Waals surface area contributed by atoms with Crippen molar-refractivity contribution >= 4 is 0 Å². The second-order valence-electron chi connectivity index (χ2n) is 3.22. The number of hydrogen-bond acceptors (Lipinski definition) is 2. The minimum Gasteiger partial charge on any atom is -0.390 e. The summed E-state index contributed by atoms with van der Waals surface area (Å²) >= 11 is 0. The summed E-state index contributed by atoms with van der Waals surface area (Å²) < 4.78 is 0. The molecule has 0 bridgehead atoms. The van der Waals surface area contributed by atoms with Crippen LogP contribution in [0, 0.1) is 5.92 Å². The summed E-state index contributed by atoms with van der Waals surface area (Å²) in [5.41, 5.74) is -0.833. The van der Waals surface area contributed by atoms with Gasteiger partial charge in [-0.15, -0.1) is 0 Å². The van der Waals surface area contributed by atoms with Crippen molar-refractivity contribution in [2.24, 2.45) is 5.92 Å². The Bertz CT molecular complexity index is 97.5. The lowest BCUT2D eigenvalue weighted by Crippen LogP contribution is -2.38. The molecule has 0 aromatic rings. The van der Waals surface area contributed by atoms with Crippen molar-refractivity contribution in [1.82, 2.24) is 0 Å². The molecular formula is C7H14O2. The van der Waals surface area contributed by atoms with Crippen LogP contribution in [0.4, 0.5) is 0 Å². The Labute approximate surface area is 55.5 Å². The summed E-state index contributed by atoms with van der Waals surface area (Å²) in [5.74, 6) is 0.243. The predicted molar refractivity (Wildman–Crippen MR) is 35.0 cm³/mol. The second-order valence-corrected chi connectivity index (χ2v) is 3.22. The van der Waals surface area contributed by atoms with Crippen LogP contribution in [0.15, 0.2) is 0 Å². The molecule has 2 heteroatoms. The van der Waals surface area contributed by atoms with Crippen molar-refractivity contribution in [3.8, 4) is 0 Å². The maximum atomic E-state index is 9.48. The standard InChI is InChI=1S/C7H14O2/c1-5-3-4-6(8)7(5,2)9/h5-6,8-9H,3-4H2,1-2H3. The third-order valence-corrected chi connectivity index (χ3v) is 2.55. The van der Waals surface area contributed by atoms with Gasteiger partial charge in [-0.05, 0) is 25.7 Å². The molecule has 2 nitrogen and oxygen atoms in total. The van der Waals surface area contributed by atoms with Gasteiger partial charge in [-0.25, -0.2) is 0 Å². The van der Waals surface area contributed by atoms with Crippen LogP contribution in [0.3, 0.4) is 0 Å². The molecular weight excluding hydrogens is 116 g/mol. The topological polar surface area (TPSA) is 40.5 Å². The highest BCUT2D eigenvalue weighted by Crippen LogP contribution is 2.34. The Kier molecular flexibility index (Phi) is 1.53. The molecule has 54 valence electrons. The van der Waals surface area contributed by atoms with Crippen molar-refractivity contribution in [2.75, 3.05) is 0 Å². The van der Waals surface area contributed by atoms with Crippen molar-refractivity contribution < 1.29 is 10.2 Å². The van der Waals surface area contributed by atoms with Crippen LogP contribution in [0.25, 0.3) is 0 Å². The first-order chi connectivity index (χ1) is 4.05. The zero-order valence-electron chi connectivity index (χ0n) is 5.96. The minimum absolute atomic E-state index is 0.243. The van der Waals surface area contributed by atoms with Crippen molar-refractivity contribution in [2.45, 2.75) is 38.4 Å². The first-order valence-electron chi connectivity index (χ1n) is 3.45. The van der Waals surface area contributed by atoms with Crippen molar-refractivity contribution in [3.63, 3.8) is 0 Å². The quantitative estimate of drug-likeness (QED) is 0.502. The SMILES string of the molecule is CC1CCC(O)C1(C)O. The third-order valence-electron chi connectivity index (χ3n) is 2.55. The monoisotopic (exact) mass is 130 g/mol. The molecule has 0 heterocycles. The van der Waals surface area contributed by atoms with Crippen molar-refractivity contribution in [3.05, 3.63) is 0 Å². The number of hydrogen-bond donors (Lipinski definition) is 2. The van der Waals surface area contributed by atoms with E-state index < -0.39 is 11.7 Å². The van der Waals surface area contributed by atoms with E-state index in [0.29, 0.717) is 0 Å². The molecule has 1 rings (SSSR count). The maximum absolute atomic E-state index is 9.48. The van der Waals surface area contributed by atoms with E-state index >= 15 is 0 Å². The molecule has 0 aromatic carbocycles. The minimum atomic E-state index is -0.833. The molecule has 0 radical (unpaired) electrons. The number of aliphatic hydroxyl groups excluding tert-OH is 1. The van der Waals surface area contributed by atoms with Gasteiger partial charge in [0, 0.05) is 0 Å². The fourth-order valence-corrected chi connectivity index (χ4v) is 1.32. The predicted octanol–water partition coefficient (Wildman–Crippen LogP) is 0.528. The highest BCUT2D eigenvalue weighted by Gasteiger charge is 2.41. The van der Waals surface area contributed by atoms with Gasteiger partial charge < -0.3 is 10.2 Å². The van der Waals surface area contributed by atoms with E-state index in [-0.39, 0.29) is 5.92 Å². The lowest BCUT2D eigenvalue weighted by Gasteiger charge is -2.25. The Morgan fingerprint density at radius 2 is 2.00 bits per heavy atom. The van der Waals surface area contributed by atoms with E-state index in [2.05, 4.69) is 0 Å². The van der Waals surface area contributed by atoms with E-state index in [4.69, 9.17) is 0 Å². The largest absolute Gasteiger partial charge is 0.390 e. The molecule has 0 aromatic heterocycles. The van der Waals surface area contributed by atoms with Crippen LogP contribution >= 0.6 is 0 Å². The molecule has 1 saturated carbocycles. The molecule has 1 aliphatic rings. The average molecular weight is 130 g/mol. The first kappa shape index (κ1) is 7.03. The van der Waals surface area contributed by atoms with Crippen molar-refractivity contribution in [1.29, 1.82) is 0 Å². The summed E-state index contributed by atoms with van der Waals surface area (Å²) in [5, 5.41) is 18.7. The van der Waals surface area contributed by atoms with Crippen LogP contribution < -0.4 is 0 Å². The van der Waals surface area contributed by atoms with Crippen LogP contribution in [-0.4, -0.2) is 21.9 Å². The maximum Gasteiger partial charge on any atom is 0.0902 e. The summed E-state index contributed by atoms with van der Waals surface area (Å²) in [6.07, 6.45) is 1.18. The van der Waals surface area contributed by atoms with Gasteiger partial charge in [0.05, 0.1) is 11.7 Å². The lowest BCUT2D eigenvalue weighted by atomic mass is 9.94. The third kappa shape index (κ3) is 0.970. The average Bonchev–Trinajstić information content (AvgIpc) is 1.96.